The summed E-state index contributed by atoms with van der Waals surface area (Å²) < 4.78 is 11.4. The van der Waals surface area contributed by atoms with Crippen LogP contribution in [0.1, 0.15) is 43.0 Å². The lowest BCUT2D eigenvalue weighted by atomic mass is 9.93. The molecular formula is C20H31N3O4. The number of nitrogens with one attached hydrogen (secondary N) is 1. The van der Waals surface area contributed by atoms with Gasteiger partial charge >= 0.3 is 0 Å². The van der Waals surface area contributed by atoms with Gasteiger partial charge in [-0.3, -0.25) is 4.79 Å². The van der Waals surface area contributed by atoms with Crippen LogP contribution in [-0.4, -0.2) is 61.4 Å². The van der Waals surface area contributed by atoms with E-state index in [4.69, 9.17) is 15.2 Å². The average molecular weight is 377 g/mol. The van der Waals surface area contributed by atoms with E-state index in [0.717, 1.165) is 38.8 Å². The van der Waals surface area contributed by atoms with Gasteiger partial charge in [0.1, 0.15) is 0 Å². The molecule has 0 aliphatic carbocycles. The van der Waals surface area contributed by atoms with Gasteiger partial charge < -0.3 is 30.5 Å². The van der Waals surface area contributed by atoms with Crippen LogP contribution in [0, 0.1) is 5.92 Å². The van der Waals surface area contributed by atoms with Crippen LogP contribution in [0.5, 0.6) is 11.5 Å². The van der Waals surface area contributed by atoms with E-state index in [0.29, 0.717) is 49.1 Å². The molecule has 0 spiro atoms. The van der Waals surface area contributed by atoms with Crippen LogP contribution in [0.15, 0.2) is 12.1 Å². The highest BCUT2D eigenvalue weighted by molar-refractivity contribution is 5.98. The zero-order chi connectivity index (χ0) is 19.2. The van der Waals surface area contributed by atoms with Crippen molar-refractivity contribution in [1.82, 2.24) is 10.2 Å². The smallest absolute Gasteiger partial charge is 0.255 e. The van der Waals surface area contributed by atoms with Crippen molar-refractivity contribution in [3.63, 3.8) is 0 Å². The summed E-state index contributed by atoms with van der Waals surface area (Å²) in [6, 6.07) is 3.31. The third-order valence-electron chi connectivity index (χ3n) is 5.27. The number of likely N-dealkylation sites (tertiary alicyclic amines) is 1. The number of nitrogens with two attached hydrogens (primary N) is 1. The molecule has 3 rings (SSSR count). The molecule has 7 heteroatoms. The number of anilines is 1. The molecule has 1 saturated heterocycles. The van der Waals surface area contributed by atoms with Gasteiger partial charge in [0, 0.05) is 37.2 Å². The van der Waals surface area contributed by atoms with Gasteiger partial charge in [0.05, 0.1) is 24.9 Å². The first-order valence-electron chi connectivity index (χ1n) is 9.96. The molecule has 1 amide bonds. The lowest BCUT2D eigenvalue weighted by molar-refractivity contribution is 0.0217. The molecule has 2 atom stereocenters. The van der Waals surface area contributed by atoms with Crippen molar-refractivity contribution in [1.29, 1.82) is 0 Å². The third kappa shape index (κ3) is 5.05. The highest BCUT2D eigenvalue weighted by Crippen LogP contribution is 2.35. The number of benzene rings is 1. The Labute approximate surface area is 160 Å². The number of ether oxygens (including phenoxy) is 2. The lowest BCUT2D eigenvalue weighted by Gasteiger charge is -2.36. The topological polar surface area (TPSA) is 97.1 Å². The SMILES string of the molecule is CCCCN1CC[C@@H](CNC(=O)c2cc(N)cc3c2OCCCO3)[C@H](O)C1. The summed E-state index contributed by atoms with van der Waals surface area (Å²) >= 11 is 0. The number of hydrogen-bond acceptors (Lipinski definition) is 6. The molecule has 2 aliphatic rings. The minimum Gasteiger partial charge on any atom is -0.489 e. The maximum Gasteiger partial charge on any atom is 0.255 e. The fourth-order valence-electron chi connectivity index (χ4n) is 3.65. The van der Waals surface area contributed by atoms with E-state index in [2.05, 4.69) is 17.1 Å². The fourth-order valence-corrected chi connectivity index (χ4v) is 3.65. The largest absolute Gasteiger partial charge is 0.489 e. The number of nitrogen functional groups attached to an aromatic ring is 1. The van der Waals surface area contributed by atoms with Gasteiger partial charge in [-0.2, -0.15) is 0 Å². The molecule has 0 radical (unpaired) electrons. The van der Waals surface area contributed by atoms with Gasteiger partial charge in [0.2, 0.25) is 0 Å². The van der Waals surface area contributed by atoms with Gasteiger partial charge in [-0.1, -0.05) is 13.3 Å². The van der Waals surface area contributed by atoms with Crippen molar-refractivity contribution >= 4 is 11.6 Å². The van der Waals surface area contributed by atoms with Crippen molar-refractivity contribution in [3.05, 3.63) is 17.7 Å². The fraction of sp³-hybridized carbons (Fsp3) is 0.650. The summed E-state index contributed by atoms with van der Waals surface area (Å²) in [5.41, 5.74) is 6.78. The zero-order valence-corrected chi connectivity index (χ0v) is 16.1. The summed E-state index contributed by atoms with van der Waals surface area (Å²) in [5, 5.41) is 13.4. The van der Waals surface area contributed by atoms with Crippen LogP contribution in [-0.2, 0) is 0 Å². The van der Waals surface area contributed by atoms with Crippen molar-refractivity contribution in [3.8, 4) is 11.5 Å². The number of piperidine rings is 1. The Balaban J connectivity index is 1.59. The summed E-state index contributed by atoms with van der Waals surface area (Å²) in [6.45, 7) is 6.32. The molecule has 0 unspecified atom stereocenters. The number of hydrogen-bond donors (Lipinski definition) is 3. The first-order chi connectivity index (χ1) is 13.1. The Morgan fingerprint density at radius 3 is 2.96 bits per heavy atom. The van der Waals surface area contributed by atoms with Crippen LogP contribution < -0.4 is 20.5 Å². The number of rotatable bonds is 6. The number of unbranched alkanes of at least 4 members (excludes halogenated alkanes) is 1. The number of aliphatic hydroxyl groups is 1. The van der Waals surface area contributed by atoms with Crippen molar-refractivity contribution < 1.29 is 19.4 Å². The van der Waals surface area contributed by atoms with Gasteiger partial charge in [-0.25, -0.2) is 0 Å². The van der Waals surface area contributed by atoms with Crippen LogP contribution >= 0.6 is 0 Å². The number of fused-ring (bicyclic) bond motifs is 1. The Morgan fingerprint density at radius 1 is 1.37 bits per heavy atom. The number of aliphatic hydroxyl groups excluding tert-OH is 1. The van der Waals surface area contributed by atoms with Crippen molar-refractivity contribution in [2.75, 3.05) is 45.1 Å². The second kappa shape index (κ2) is 9.28. The van der Waals surface area contributed by atoms with Gasteiger partial charge in [0.15, 0.2) is 11.5 Å². The normalized spacial score (nSPS) is 22.9. The average Bonchev–Trinajstić information content (AvgIpc) is 2.90. The third-order valence-corrected chi connectivity index (χ3v) is 5.27. The molecule has 150 valence electrons. The van der Waals surface area contributed by atoms with Crippen LogP contribution in [0.3, 0.4) is 0 Å². The van der Waals surface area contributed by atoms with E-state index >= 15 is 0 Å². The van der Waals surface area contributed by atoms with Crippen molar-refractivity contribution in [2.45, 2.75) is 38.7 Å². The molecule has 7 nitrogen and oxygen atoms in total. The monoisotopic (exact) mass is 377 g/mol. The summed E-state index contributed by atoms with van der Waals surface area (Å²) in [5.74, 6) is 0.782. The first kappa shape index (κ1) is 19.8. The Bertz CT molecular complexity index is 652. The predicted molar refractivity (Wildman–Crippen MR) is 104 cm³/mol. The first-order valence-corrected chi connectivity index (χ1v) is 9.96. The van der Waals surface area contributed by atoms with E-state index in [9.17, 15) is 9.90 Å². The van der Waals surface area contributed by atoms with Gasteiger partial charge in [0.25, 0.3) is 5.91 Å². The number of carbonyl (C=O) groups is 1. The summed E-state index contributed by atoms with van der Waals surface area (Å²) in [4.78, 5) is 15.0. The molecule has 2 heterocycles. The number of carbonyl (C=O) groups excluding carboxylic acids is 1. The molecule has 0 saturated carbocycles. The standard InChI is InChI=1S/C20H31N3O4/c1-2-3-6-23-7-5-14(17(24)13-23)12-22-20(25)16-10-15(21)11-18-19(16)27-9-4-8-26-18/h10-11,14,17,24H,2-9,12-13,21H2,1H3,(H,22,25)/t14-,17+/m0/s1. The van der Waals surface area contributed by atoms with E-state index in [1.165, 1.54) is 0 Å². The lowest BCUT2D eigenvalue weighted by Crippen LogP contribution is -2.47. The molecule has 2 aliphatic heterocycles. The maximum atomic E-state index is 12.7. The van der Waals surface area contributed by atoms with Crippen LogP contribution in [0.25, 0.3) is 0 Å². The number of β-amino-alcohol motifs (C(OH)–C–C–N with tert-alkyl or cyclic N) is 1. The molecular weight excluding hydrogens is 346 g/mol. The highest BCUT2D eigenvalue weighted by Gasteiger charge is 2.28. The second-order valence-electron chi connectivity index (χ2n) is 7.43. The minimum absolute atomic E-state index is 0.0589. The van der Waals surface area contributed by atoms with E-state index in [-0.39, 0.29) is 11.8 Å². The molecule has 0 bridgehead atoms. The quantitative estimate of drug-likeness (QED) is 0.652. The molecule has 1 aromatic carbocycles. The van der Waals surface area contributed by atoms with Crippen LogP contribution in [0.4, 0.5) is 5.69 Å². The molecule has 4 N–H and O–H groups in total. The van der Waals surface area contributed by atoms with Gasteiger partial charge in [-0.15, -0.1) is 0 Å². The molecule has 27 heavy (non-hydrogen) atoms. The van der Waals surface area contributed by atoms with E-state index in [1.807, 2.05) is 0 Å². The minimum atomic E-state index is -0.423. The zero-order valence-electron chi connectivity index (χ0n) is 16.1. The summed E-state index contributed by atoms with van der Waals surface area (Å²) in [7, 11) is 0. The number of nitrogens with zero attached hydrogens (tertiary/aromatic N) is 1. The van der Waals surface area contributed by atoms with Crippen LogP contribution in [0.2, 0.25) is 0 Å². The Morgan fingerprint density at radius 2 is 2.19 bits per heavy atom. The Kier molecular flexibility index (Phi) is 6.79. The Hall–Kier alpha value is -1.99. The predicted octanol–water partition coefficient (Wildman–Crippen LogP) is 1.64. The van der Waals surface area contributed by atoms with Gasteiger partial charge in [-0.05, 0) is 32.0 Å². The molecule has 1 fully saturated rings. The summed E-state index contributed by atoms with van der Waals surface area (Å²) in [6.07, 6.45) is 3.52. The van der Waals surface area contributed by atoms with Crippen molar-refractivity contribution in [2.24, 2.45) is 5.92 Å². The molecule has 1 aromatic rings. The maximum absolute atomic E-state index is 12.7. The van der Waals surface area contributed by atoms with E-state index < -0.39 is 6.10 Å². The highest BCUT2D eigenvalue weighted by atomic mass is 16.5. The second-order valence-corrected chi connectivity index (χ2v) is 7.43. The van der Waals surface area contributed by atoms with E-state index in [1.54, 1.807) is 12.1 Å². The number of amides is 1. The molecule has 0 aromatic heterocycles.